The van der Waals surface area contributed by atoms with E-state index in [1.807, 2.05) is 26.8 Å². The maximum absolute atomic E-state index is 12.0. The van der Waals surface area contributed by atoms with E-state index in [2.05, 4.69) is 11.3 Å². The summed E-state index contributed by atoms with van der Waals surface area (Å²) in [6.45, 7) is 9.78. The van der Waals surface area contributed by atoms with Crippen LogP contribution in [0.1, 0.15) is 46.5 Å². The Hall–Kier alpha value is -0.150. The van der Waals surface area contributed by atoms with Crippen LogP contribution in [0.15, 0.2) is 12.7 Å². The first-order valence-electron chi connectivity index (χ1n) is 5.74. The van der Waals surface area contributed by atoms with E-state index in [0.717, 1.165) is 6.42 Å². The molecule has 0 aliphatic heterocycles. The fourth-order valence-electron chi connectivity index (χ4n) is 1.67. The molecule has 1 fully saturated rings. The lowest BCUT2D eigenvalue weighted by Crippen LogP contribution is -2.45. The van der Waals surface area contributed by atoms with Gasteiger partial charge in [0, 0.05) is 6.04 Å². The van der Waals surface area contributed by atoms with Gasteiger partial charge in [0.1, 0.15) is 0 Å². The van der Waals surface area contributed by atoms with Crippen molar-refractivity contribution >= 4 is 11.0 Å². The molecule has 1 rings (SSSR count). The molecule has 1 saturated carbocycles. The van der Waals surface area contributed by atoms with Gasteiger partial charge < -0.3 is 0 Å². The van der Waals surface area contributed by atoms with Gasteiger partial charge in [0.05, 0.1) is 15.7 Å². The van der Waals surface area contributed by atoms with E-state index in [0.29, 0.717) is 12.0 Å². The molecular weight excluding hydrogens is 206 g/mol. The SMILES string of the molecule is C=CC[C@@H](NS(=O)C(C)(C)C)C1CCC1. The Morgan fingerprint density at radius 3 is 2.47 bits per heavy atom. The molecule has 3 heteroatoms. The molecule has 2 nitrogen and oxygen atoms in total. The highest BCUT2D eigenvalue weighted by Crippen LogP contribution is 2.31. The van der Waals surface area contributed by atoms with E-state index < -0.39 is 11.0 Å². The zero-order valence-electron chi connectivity index (χ0n) is 10.1. The van der Waals surface area contributed by atoms with Gasteiger partial charge in [-0.2, -0.15) is 0 Å². The Balaban J connectivity index is 2.50. The molecule has 0 amide bonds. The molecule has 0 bridgehead atoms. The van der Waals surface area contributed by atoms with Gasteiger partial charge in [-0.25, -0.2) is 8.93 Å². The van der Waals surface area contributed by atoms with Crippen molar-refractivity contribution in [2.24, 2.45) is 5.92 Å². The van der Waals surface area contributed by atoms with E-state index in [1.165, 1.54) is 19.3 Å². The van der Waals surface area contributed by atoms with Crippen molar-refractivity contribution in [3.63, 3.8) is 0 Å². The van der Waals surface area contributed by atoms with E-state index in [4.69, 9.17) is 0 Å². The monoisotopic (exact) mass is 229 g/mol. The van der Waals surface area contributed by atoms with Gasteiger partial charge in [0.2, 0.25) is 0 Å². The first kappa shape index (κ1) is 12.9. The zero-order chi connectivity index (χ0) is 11.5. The Morgan fingerprint density at radius 1 is 1.53 bits per heavy atom. The van der Waals surface area contributed by atoms with Gasteiger partial charge >= 0.3 is 0 Å². The normalized spacial score (nSPS) is 21.8. The van der Waals surface area contributed by atoms with Crippen LogP contribution in [0.2, 0.25) is 0 Å². The fraction of sp³-hybridized carbons (Fsp3) is 0.833. The van der Waals surface area contributed by atoms with Gasteiger partial charge in [-0.3, -0.25) is 0 Å². The molecule has 1 aliphatic rings. The maximum Gasteiger partial charge on any atom is 0.0972 e. The molecule has 88 valence electrons. The molecule has 1 N–H and O–H groups in total. The Morgan fingerprint density at radius 2 is 2.13 bits per heavy atom. The van der Waals surface area contributed by atoms with Crippen molar-refractivity contribution in [2.45, 2.75) is 57.2 Å². The highest BCUT2D eigenvalue weighted by Gasteiger charge is 2.30. The van der Waals surface area contributed by atoms with Crippen LogP contribution in [0.5, 0.6) is 0 Å². The van der Waals surface area contributed by atoms with Crippen LogP contribution >= 0.6 is 0 Å². The van der Waals surface area contributed by atoms with Crippen molar-refractivity contribution in [3.8, 4) is 0 Å². The van der Waals surface area contributed by atoms with Crippen LogP contribution in [0.3, 0.4) is 0 Å². The first-order chi connectivity index (χ1) is 6.95. The van der Waals surface area contributed by atoms with Crippen molar-refractivity contribution < 1.29 is 4.21 Å². The van der Waals surface area contributed by atoms with Crippen molar-refractivity contribution in [1.82, 2.24) is 4.72 Å². The number of hydrogen-bond donors (Lipinski definition) is 1. The average Bonchev–Trinajstić information content (AvgIpc) is 1.99. The first-order valence-corrected chi connectivity index (χ1v) is 6.89. The largest absolute Gasteiger partial charge is 0.242 e. The second kappa shape index (κ2) is 5.26. The summed E-state index contributed by atoms with van der Waals surface area (Å²) in [6.07, 6.45) is 6.71. The molecule has 0 radical (unpaired) electrons. The van der Waals surface area contributed by atoms with Crippen LogP contribution in [-0.4, -0.2) is 15.0 Å². The summed E-state index contributed by atoms with van der Waals surface area (Å²) in [5, 5.41) is 0. The second-order valence-electron chi connectivity index (χ2n) is 5.32. The molecular formula is C12H23NOS. The molecule has 15 heavy (non-hydrogen) atoms. The van der Waals surface area contributed by atoms with E-state index in [1.54, 1.807) is 0 Å². The Labute approximate surface area is 96.1 Å². The average molecular weight is 229 g/mol. The predicted molar refractivity (Wildman–Crippen MR) is 67.0 cm³/mol. The van der Waals surface area contributed by atoms with Gasteiger partial charge in [-0.1, -0.05) is 12.5 Å². The van der Waals surface area contributed by atoms with Crippen LogP contribution in [0.4, 0.5) is 0 Å². The van der Waals surface area contributed by atoms with Crippen molar-refractivity contribution in [2.75, 3.05) is 0 Å². The highest BCUT2D eigenvalue weighted by molar-refractivity contribution is 7.84. The molecule has 2 atom stereocenters. The number of nitrogens with one attached hydrogen (secondary N) is 1. The second-order valence-corrected chi connectivity index (χ2v) is 7.32. The summed E-state index contributed by atoms with van der Waals surface area (Å²) in [6, 6.07) is 0.358. The Kier molecular flexibility index (Phi) is 4.53. The quantitative estimate of drug-likeness (QED) is 0.722. The standard InChI is InChI=1S/C12H23NOS/c1-5-7-11(10-8-6-9-10)13-15(14)12(2,3)4/h5,10-11,13H,1,6-9H2,2-4H3/t11-,15?/m1/s1. The van der Waals surface area contributed by atoms with Crippen molar-refractivity contribution in [1.29, 1.82) is 0 Å². The lowest BCUT2D eigenvalue weighted by atomic mass is 9.79. The van der Waals surface area contributed by atoms with Crippen LogP contribution in [0, 0.1) is 5.92 Å². The molecule has 0 spiro atoms. The van der Waals surface area contributed by atoms with Gasteiger partial charge in [-0.05, 0) is 46.0 Å². The summed E-state index contributed by atoms with van der Waals surface area (Å²) in [4.78, 5) is 0. The zero-order valence-corrected chi connectivity index (χ0v) is 10.9. The van der Waals surface area contributed by atoms with Gasteiger partial charge in [-0.15, -0.1) is 6.58 Å². The summed E-state index contributed by atoms with van der Waals surface area (Å²) >= 11 is 0. The van der Waals surface area contributed by atoms with Crippen LogP contribution in [-0.2, 0) is 11.0 Å². The molecule has 0 saturated heterocycles. The summed E-state index contributed by atoms with van der Waals surface area (Å²) < 4.78 is 15.0. The third-order valence-electron chi connectivity index (χ3n) is 2.95. The summed E-state index contributed by atoms with van der Waals surface area (Å²) in [5.74, 6) is 0.703. The van der Waals surface area contributed by atoms with E-state index in [9.17, 15) is 4.21 Å². The smallest absolute Gasteiger partial charge is 0.0972 e. The minimum absolute atomic E-state index is 0.177. The van der Waals surface area contributed by atoms with Crippen molar-refractivity contribution in [3.05, 3.63) is 12.7 Å². The number of rotatable bonds is 5. The minimum atomic E-state index is -0.955. The van der Waals surface area contributed by atoms with Gasteiger partial charge in [0.25, 0.3) is 0 Å². The van der Waals surface area contributed by atoms with Crippen LogP contribution in [0.25, 0.3) is 0 Å². The topological polar surface area (TPSA) is 29.1 Å². The predicted octanol–water partition coefficient (Wildman–Crippen LogP) is 2.78. The van der Waals surface area contributed by atoms with E-state index in [-0.39, 0.29) is 4.75 Å². The molecule has 0 aromatic heterocycles. The number of hydrogen-bond acceptors (Lipinski definition) is 1. The molecule has 1 aliphatic carbocycles. The third-order valence-corrected chi connectivity index (χ3v) is 4.58. The molecule has 0 aromatic rings. The van der Waals surface area contributed by atoms with Crippen LogP contribution < -0.4 is 4.72 Å². The minimum Gasteiger partial charge on any atom is -0.242 e. The Bertz CT molecular complexity index is 240. The summed E-state index contributed by atoms with van der Waals surface area (Å²) in [7, 11) is -0.955. The highest BCUT2D eigenvalue weighted by atomic mass is 32.2. The van der Waals surface area contributed by atoms with Gasteiger partial charge in [0.15, 0.2) is 0 Å². The third kappa shape index (κ3) is 3.72. The molecule has 0 heterocycles. The lowest BCUT2D eigenvalue weighted by Gasteiger charge is -2.35. The maximum atomic E-state index is 12.0. The van der Waals surface area contributed by atoms with E-state index >= 15 is 0 Å². The summed E-state index contributed by atoms with van der Waals surface area (Å²) in [5.41, 5.74) is 0. The fourth-order valence-corrected chi connectivity index (χ4v) is 2.59. The molecule has 1 unspecified atom stereocenters. The lowest BCUT2D eigenvalue weighted by molar-refractivity contribution is 0.250. The molecule has 0 aromatic carbocycles.